The molecule has 2 heterocycles. The van der Waals surface area contributed by atoms with E-state index in [4.69, 9.17) is 0 Å². The second-order valence-corrected chi connectivity index (χ2v) is 5.83. The van der Waals surface area contributed by atoms with Crippen molar-refractivity contribution in [1.82, 2.24) is 14.5 Å². The van der Waals surface area contributed by atoms with Crippen LogP contribution in [0.2, 0.25) is 0 Å². The lowest BCUT2D eigenvalue weighted by Gasteiger charge is -2.27. The number of imidazole rings is 1. The van der Waals surface area contributed by atoms with Crippen LogP contribution in [0.15, 0.2) is 12.5 Å². The molecule has 0 bridgehead atoms. The van der Waals surface area contributed by atoms with E-state index in [1.165, 1.54) is 12.8 Å². The summed E-state index contributed by atoms with van der Waals surface area (Å²) >= 11 is -0.551. The lowest BCUT2D eigenvalue weighted by molar-refractivity contribution is 0.287. The van der Waals surface area contributed by atoms with Gasteiger partial charge in [-0.05, 0) is 19.4 Å². The van der Waals surface area contributed by atoms with Gasteiger partial charge in [-0.1, -0.05) is 11.2 Å². The molecule has 0 saturated carbocycles. The van der Waals surface area contributed by atoms with Gasteiger partial charge in [-0.3, -0.25) is 4.90 Å². The van der Waals surface area contributed by atoms with Gasteiger partial charge >= 0.3 is 0 Å². The summed E-state index contributed by atoms with van der Waals surface area (Å²) in [6.07, 6.45) is 8.85. The summed E-state index contributed by atoms with van der Waals surface area (Å²) in [6, 6.07) is 0. The minimum atomic E-state index is -0.551. The zero-order valence-electron chi connectivity index (χ0n) is 9.47. The van der Waals surface area contributed by atoms with E-state index in [2.05, 4.69) is 20.6 Å². The summed E-state index contributed by atoms with van der Waals surface area (Å²) in [4.78, 5) is 6.31. The van der Waals surface area contributed by atoms with Crippen LogP contribution in [0.25, 0.3) is 0 Å². The molecule has 2 rings (SSSR count). The molecule has 1 fully saturated rings. The number of nitrogens with zero attached hydrogens (tertiary/aromatic N) is 3. The van der Waals surface area contributed by atoms with Crippen molar-refractivity contribution in [3.8, 4) is 0 Å². The highest BCUT2D eigenvalue weighted by molar-refractivity contribution is 7.91. The molecule has 0 aromatic carbocycles. The molecule has 1 radical (unpaired) electrons. The number of rotatable bonds is 5. The molecular weight excluding hydrogens is 222 g/mol. The number of unbranched alkanes of at least 4 members (excludes halogenated alkanes) is 1. The normalized spacial score (nSPS) is 19.1. The minimum Gasteiger partial charge on any atom is -0.616 e. The molecule has 1 aromatic rings. The van der Waals surface area contributed by atoms with Gasteiger partial charge in [0.1, 0.15) is 17.7 Å². The van der Waals surface area contributed by atoms with Crippen molar-refractivity contribution in [1.29, 1.82) is 0 Å². The van der Waals surface area contributed by atoms with Crippen molar-refractivity contribution in [2.75, 3.05) is 31.1 Å². The fraction of sp³-hybridized carbons (Fsp3) is 0.727. The number of aryl methyl sites for hydroxylation is 1. The van der Waals surface area contributed by atoms with Crippen molar-refractivity contribution < 1.29 is 4.55 Å². The average Bonchev–Trinajstić information content (AvgIpc) is 2.80. The van der Waals surface area contributed by atoms with Gasteiger partial charge in [0.25, 0.3) is 0 Å². The van der Waals surface area contributed by atoms with Gasteiger partial charge in [-0.25, -0.2) is 4.98 Å². The lowest BCUT2D eigenvalue weighted by atomic mass is 10.3. The predicted molar refractivity (Wildman–Crippen MR) is 64.6 cm³/mol. The van der Waals surface area contributed by atoms with Crippen LogP contribution in [0.1, 0.15) is 12.8 Å². The fourth-order valence-electron chi connectivity index (χ4n) is 1.90. The first-order valence-electron chi connectivity index (χ1n) is 5.80. The van der Waals surface area contributed by atoms with E-state index in [0.29, 0.717) is 0 Å². The molecule has 0 N–H and O–H groups in total. The topological polar surface area (TPSA) is 44.1 Å². The van der Waals surface area contributed by atoms with E-state index in [9.17, 15) is 4.55 Å². The molecule has 1 aliphatic heterocycles. The Hall–Kier alpha value is -0.520. The quantitative estimate of drug-likeness (QED) is 0.557. The van der Waals surface area contributed by atoms with Crippen LogP contribution in [0.5, 0.6) is 0 Å². The first-order chi connectivity index (χ1) is 7.84. The van der Waals surface area contributed by atoms with Crippen LogP contribution < -0.4 is 0 Å². The zero-order chi connectivity index (χ0) is 11.2. The monoisotopic (exact) mass is 240 g/mol. The van der Waals surface area contributed by atoms with E-state index in [1.54, 1.807) is 0 Å². The predicted octanol–water partition coefficient (Wildman–Crippen LogP) is 0.528. The summed E-state index contributed by atoms with van der Waals surface area (Å²) in [5.41, 5.74) is 0. The maximum atomic E-state index is 11.2. The molecule has 0 spiro atoms. The van der Waals surface area contributed by atoms with E-state index in [-0.39, 0.29) is 0 Å². The first kappa shape index (κ1) is 12.0. The Morgan fingerprint density at radius 3 is 2.69 bits per heavy atom. The largest absolute Gasteiger partial charge is 0.616 e. The van der Waals surface area contributed by atoms with Crippen LogP contribution in [-0.2, 0) is 17.7 Å². The Kier molecular flexibility index (Phi) is 4.69. The van der Waals surface area contributed by atoms with Crippen molar-refractivity contribution in [2.24, 2.45) is 0 Å². The highest BCUT2D eigenvalue weighted by atomic mass is 32.2. The Balaban J connectivity index is 1.55. The highest BCUT2D eigenvalue weighted by Crippen LogP contribution is 2.05. The Morgan fingerprint density at radius 2 is 2.00 bits per heavy atom. The fourth-order valence-corrected chi connectivity index (χ4v) is 3.03. The second kappa shape index (κ2) is 6.27. The molecule has 1 aliphatic rings. The van der Waals surface area contributed by atoms with Crippen molar-refractivity contribution >= 4 is 11.2 Å². The van der Waals surface area contributed by atoms with Gasteiger partial charge < -0.3 is 9.12 Å². The molecule has 89 valence electrons. The standard InChI is InChI=1S/C11H18N3OS/c15-16-9-7-13(8-10-16)4-1-2-5-14-6-3-12-11-14/h6,11H,1-2,4-5,7-10H2. The van der Waals surface area contributed by atoms with Crippen molar-refractivity contribution in [3.05, 3.63) is 18.7 Å². The van der Waals surface area contributed by atoms with Crippen LogP contribution in [0.4, 0.5) is 0 Å². The molecule has 0 aliphatic carbocycles. The molecule has 0 atom stereocenters. The van der Waals surface area contributed by atoms with Crippen LogP contribution in [0.3, 0.4) is 0 Å². The molecule has 0 unspecified atom stereocenters. The summed E-state index contributed by atoms with van der Waals surface area (Å²) < 4.78 is 13.2. The molecule has 1 saturated heterocycles. The number of hydrogen-bond donors (Lipinski definition) is 0. The molecule has 16 heavy (non-hydrogen) atoms. The summed E-state index contributed by atoms with van der Waals surface area (Å²) in [6.45, 7) is 4.17. The molecule has 5 heteroatoms. The Bertz CT molecular complexity index is 283. The van der Waals surface area contributed by atoms with Crippen LogP contribution in [0, 0.1) is 6.20 Å². The summed E-state index contributed by atoms with van der Waals surface area (Å²) in [7, 11) is 0. The number of hydrogen-bond acceptors (Lipinski definition) is 3. The molecular formula is C11H18N3OS. The number of aromatic nitrogens is 2. The smallest absolute Gasteiger partial charge is 0.118 e. The van der Waals surface area contributed by atoms with Gasteiger partial charge in [-0.15, -0.1) is 0 Å². The van der Waals surface area contributed by atoms with Gasteiger partial charge in [-0.2, -0.15) is 0 Å². The maximum Gasteiger partial charge on any atom is 0.118 e. The Labute approximate surface area is 99.8 Å². The summed E-state index contributed by atoms with van der Waals surface area (Å²) in [5, 5.41) is 0. The highest BCUT2D eigenvalue weighted by Gasteiger charge is 2.18. The SMILES string of the molecule is [O-][S+]1CCN(CCCCn2c[c]nc2)CC1. The third kappa shape index (κ3) is 3.81. The molecule has 4 nitrogen and oxygen atoms in total. The van der Waals surface area contributed by atoms with Gasteiger partial charge in [0.05, 0.1) is 6.33 Å². The third-order valence-corrected chi connectivity index (χ3v) is 4.19. The van der Waals surface area contributed by atoms with Crippen LogP contribution in [-0.4, -0.2) is 50.1 Å². The van der Waals surface area contributed by atoms with Crippen molar-refractivity contribution in [2.45, 2.75) is 19.4 Å². The molecule has 1 aromatic heterocycles. The van der Waals surface area contributed by atoms with Gasteiger partial charge in [0, 0.05) is 25.8 Å². The molecule has 0 amide bonds. The van der Waals surface area contributed by atoms with E-state index in [1.807, 2.05) is 12.5 Å². The second-order valence-electron chi connectivity index (χ2n) is 4.14. The van der Waals surface area contributed by atoms with Crippen LogP contribution >= 0.6 is 0 Å². The zero-order valence-corrected chi connectivity index (χ0v) is 10.3. The average molecular weight is 240 g/mol. The minimum absolute atomic E-state index is 0.551. The van der Waals surface area contributed by atoms with E-state index in [0.717, 1.165) is 37.7 Å². The maximum absolute atomic E-state index is 11.2. The summed E-state index contributed by atoms with van der Waals surface area (Å²) in [5.74, 6) is 1.72. The van der Waals surface area contributed by atoms with E-state index < -0.39 is 11.2 Å². The van der Waals surface area contributed by atoms with Gasteiger partial charge in [0.2, 0.25) is 0 Å². The van der Waals surface area contributed by atoms with Crippen molar-refractivity contribution in [3.63, 3.8) is 0 Å². The van der Waals surface area contributed by atoms with Gasteiger partial charge in [0.15, 0.2) is 0 Å². The van der Waals surface area contributed by atoms with E-state index >= 15 is 0 Å². The Morgan fingerprint density at radius 1 is 1.25 bits per heavy atom. The third-order valence-electron chi connectivity index (χ3n) is 2.92. The lowest BCUT2D eigenvalue weighted by Crippen LogP contribution is -2.40. The first-order valence-corrected chi connectivity index (χ1v) is 7.28.